The maximum Gasteiger partial charge on any atom is 0.253 e. The fourth-order valence-electron chi connectivity index (χ4n) is 3.59. The fraction of sp³-hybridized carbons (Fsp3) is 0.391. The molecule has 1 aliphatic heterocycles. The quantitative estimate of drug-likeness (QED) is 0.524. The van der Waals surface area contributed by atoms with Crippen LogP contribution in [0.25, 0.3) is 11.4 Å². The Bertz CT molecular complexity index is 1250. The van der Waals surface area contributed by atoms with Gasteiger partial charge in [0.2, 0.25) is 21.7 Å². The summed E-state index contributed by atoms with van der Waals surface area (Å²) < 4.78 is 30.9. The molecule has 1 amide bonds. The highest BCUT2D eigenvalue weighted by atomic mass is 32.2. The third-order valence-corrected chi connectivity index (χ3v) is 7.54. The highest BCUT2D eigenvalue weighted by Crippen LogP contribution is 2.22. The van der Waals surface area contributed by atoms with Crippen LogP contribution in [-0.2, 0) is 10.0 Å². The predicted octanol–water partition coefficient (Wildman–Crippen LogP) is 2.47. The Labute approximate surface area is 199 Å². The molecule has 0 spiro atoms. The van der Waals surface area contributed by atoms with Crippen molar-refractivity contribution in [2.75, 3.05) is 45.2 Å². The van der Waals surface area contributed by atoms with Gasteiger partial charge in [-0.25, -0.2) is 17.7 Å². The molecule has 4 rings (SSSR count). The molecule has 1 aliphatic rings. The van der Waals surface area contributed by atoms with E-state index in [1.165, 1.54) is 26.2 Å². The van der Waals surface area contributed by atoms with Crippen molar-refractivity contribution < 1.29 is 17.7 Å². The van der Waals surface area contributed by atoms with Crippen LogP contribution in [-0.4, -0.2) is 78.9 Å². The number of piperazine rings is 1. The topological polar surface area (TPSA) is 113 Å². The summed E-state index contributed by atoms with van der Waals surface area (Å²) in [6, 6.07) is 9.90. The lowest BCUT2D eigenvalue weighted by Crippen LogP contribution is -2.49. The van der Waals surface area contributed by atoms with Crippen molar-refractivity contribution in [1.82, 2.24) is 24.3 Å². The molecule has 1 saturated heterocycles. The molecule has 0 unspecified atom stereocenters. The largest absolute Gasteiger partial charge is 0.353 e. The summed E-state index contributed by atoms with van der Waals surface area (Å²) >= 11 is 0. The molecule has 3 heterocycles. The molecule has 2 aromatic heterocycles. The van der Waals surface area contributed by atoms with Gasteiger partial charge in [0, 0.05) is 63.5 Å². The summed E-state index contributed by atoms with van der Waals surface area (Å²) in [5.74, 6) is 1.98. The van der Waals surface area contributed by atoms with E-state index < -0.39 is 10.0 Å². The number of carbonyl (C=O) groups excluding carboxylic acids is 1. The molecule has 180 valence electrons. The van der Waals surface area contributed by atoms with Crippen LogP contribution < -0.4 is 4.90 Å². The Morgan fingerprint density at radius 1 is 1.03 bits per heavy atom. The summed E-state index contributed by atoms with van der Waals surface area (Å²) in [5, 5.41) is 4.02. The number of rotatable bonds is 6. The summed E-state index contributed by atoms with van der Waals surface area (Å²) in [6.07, 6.45) is 1.73. The number of aromatic nitrogens is 3. The predicted molar refractivity (Wildman–Crippen MR) is 127 cm³/mol. The smallest absolute Gasteiger partial charge is 0.253 e. The van der Waals surface area contributed by atoms with Gasteiger partial charge in [-0.3, -0.25) is 4.79 Å². The van der Waals surface area contributed by atoms with Gasteiger partial charge in [-0.15, -0.1) is 0 Å². The van der Waals surface area contributed by atoms with E-state index in [1.54, 1.807) is 23.2 Å². The number of hydrogen-bond donors (Lipinski definition) is 0. The Morgan fingerprint density at radius 2 is 1.71 bits per heavy atom. The zero-order valence-electron chi connectivity index (χ0n) is 19.7. The number of amides is 1. The first-order valence-electron chi connectivity index (χ1n) is 11.0. The van der Waals surface area contributed by atoms with Gasteiger partial charge < -0.3 is 14.3 Å². The summed E-state index contributed by atoms with van der Waals surface area (Å²) in [7, 11) is -0.571. The standard InChI is InChI=1S/C23H28N6O4S/c1-16(2)22-25-21(26-33-22)18-7-10-20(24-15-18)28-11-13-29(14-12-28)23(30)17-5-8-19(9-6-17)34(31,32)27(3)4/h5-10,15-16H,11-14H2,1-4H3. The minimum atomic E-state index is -3.52. The van der Waals surface area contributed by atoms with E-state index in [9.17, 15) is 13.2 Å². The van der Waals surface area contributed by atoms with Gasteiger partial charge in [-0.2, -0.15) is 4.98 Å². The van der Waals surface area contributed by atoms with E-state index >= 15 is 0 Å². The average molecular weight is 485 g/mol. The zero-order chi connectivity index (χ0) is 24.5. The maximum absolute atomic E-state index is 12.9. The molecule has 0 radical (unpaired) electrons. The second kappa shape index (κ2) is 9.51. The molecule has 11 heteroatoms. The SMILES string of the molecule is CC(C)c1nc(-c2ccc(N3CCN(C(=O)c4ccc(S(=O)(=O)N(C)C)cc4)CC3)nc2)no1. The van der Waals surface area contributed by atoms with Gasteiger partial charge in [0.1, 0.15) is 5.82 Å². The van der Waals surface area contributed by atoms with Crippen molar-refractivity contribution in [3.05, 3.63) is 54.0 Å². The number of anilines is 1. The van der Waals surface area contributed by atoms with E-state index in [0.717, 1.165) is 15.7 Å². The minimum absolute atomic E-state index is 0.116. The van der Waals surface area contributed by atoms with Gasteiger partial charge in [0.25, 0.3) is 5.91 Å². The molecule has 34 heavy (non-hydrogen) atoms. The number of carbonyl (C=O) groups is 1. The van der Waals surface area contributed by atoms with Crippen LogP contribution in [0.4, 0.5) is 5.82 Å². The number of benzene rings is 1. The van der Waals surface area contributed by atoms with E-state index in [2.05, 4.69) is 20.0 Å². The van der Waals surface area contributed by atoms with Gasteiger partial charge in [-0.05, 0) is 36.4 Å². The number of pyridine rings is 1. The molecule has 0 aliphatic carbocycles. The summed E-state index contributed by atoms with van der Waals surface area (Å²) in [4.78, 5) is 25.9. The maximum atomic E-state index is 12.9. The number of hydrogen-bond acceptors (Lipinski definition) is 8. The van der Waals surface area contributed by atoms with E-state index in [1.807, 2.05) is 26.0 Å². The van der Waals surface area contributed by atoms with E-state index in [0.29, 0.717) is 43.5 Å². The highest BCUT2D eigenvalue weighted by Gasteiger charge is 2.24. The molecule has 3 aromatic rings. The second-order valence-electron chi connectivity index (χ2n) is 8.61. The van der Waals surface area contributed by atoms with Crippen molar-refractivity contribution >= 4 is 21.7 Å². The monoisotopic (exact) mass is 484 g/mol. The first-order chi connectivity index (χ1) is 16.2. The van der Waals surface area contributed by atoms with Crippen LogP contribution in [0.2, 0.25) is 0 Å². The molecule has 1 aromatic carbocycles. The van der Waals surface area contributed by atoms with Crippen molar-refractivity contribution in [1.29, 1.82) is 0 Å². The molecule has 10 nitrogen and oxygen atoms in total. The minimum Gasteiger partial charge on any atom is -0.353 e. The summed E-state index contributed by atoms with van der Waals surface area (Å²) in [5.41, 5.74) is 1.25. The van der Waals surface area contributed by atoms with Gasteiger partial charge in [0.15, 0.2) is 0 Å². The molecule has 0 saturated carbocycles. The fourth-order valence-corrected chi connectivity index (χ4v) is 4.50. The molecule has 0 atom stereocenters. The Balaban J connectivity index is 1.37. The van der Waals surface area contributed by atoms with Crippen molar-refractivity contribution in [3.63, 3.8) is 0 Å². The molecule has 0 N–H and O–H groups in total. The second-order valence-corrected chi connectivity index (χ2v) is 10.8. The number of sulfonamides is 1. The van der Waals surface area contributed by atoms with Crippen molar-refractivity contribution in [2.24, 2.45) is 0 Å². The van der Waals surface area contributed by atoms with Crippen LogP contribution in [0, 0.1) is 0 Å². The molecule has 1 fully saturated rings. The first kappa shape index (κ1) is 23.8. The lowest BCUT2D eigenvalue weighted by Gasteiger charge is -2.35. The van der Waals surface area contributed by atoms with Gasteiger partial charge >= 0.3 is 0 Å². The van der Waals surface area contributed by atoms with Crippen LogP contribution in [0.15, 0.2) is 52.0 Å². The van der Waals surface area contributed by atoms with Gasteiger partial charge in [-0.1, -0.05) is 19.0 Å². The Kier molecular flexibility index (Phi) is 6.67. The van der Waals surface area contributed by atoms with Crippen LogP contribution in [0.1, 0.15) is 36.0 Å². The normalized spacial score (nSPS) is 14.8. The molecular weight excluding hydrogens is 456 g/mol. The lowest BCUT2D eigenvalue weighted by molar-refractivity contribution is 0.0746. The first-order valence-corrected chi connectivity index (χ1v) is 12.5. The van der Waals surface area contributed by atoms with E-state index in [-0.39, 0.29) is 16.7 Å². The van der Waals surface area contributed by atoms with Gasteiger partial charge in [0.05, 0.1) is 4.90 Å². The molecule has 0 bridgehead atoms. The zero-order valence-corrected chi connectivity index (χ0v) is 20.5. The van der Waals surface area contributed by atoms with Crippen molar-refractivity contribution in [2.45, 2.75) is 24.7 Å². The Morgan fingerprint density at radius 3 is 2.24 bits per heavy atom. The van der Waals surface area contributed by atoms with E-state index in [4.69, 9.17) is 4.52 Å². The van der Waals surface area contributed by atoms with Crippen LogP contribution in [0.5, 0.6) is 0 Å². The number of nitrogens with zero attached hydrogens (tertiary/aromatic N) is 6. The third-order valence-electron chi connectivity index (χ3n) is 5.71. The molecular formula is C23H28N6O4S. The highest BCUT2D eigenvalue weighted by molar-refractivity contribution is 7.89. The summed E-state index contributed by atoms with van der Waals surface area (Å²) in [6.45, 7) is 6.36. The average Bonchev–Trinajstić information content (AvgIpc) is 3.35. The van der Waals surface area contributed by atoms with Crippen LogP contribution >= 0.6 is 0 Å². The van der Waals surface area contributed by atoms with Crippen molar-refractivity contribution in [3.8, 4) is 11.4 Å². The lowest BCUT2D eigenvalue weighted by atomic mass is 10.2. The Hall–Kier alpha value is -3.31. The third kappa shape index (κ3) is 4.80. The van der Waals surface area contributed by atoms with Crippen LogP contribution in [0.3, 0.4) is 0 Å².